The lowest BCUT2D eigenvalue weighted by Gasteiger charge is -2.08. The molecule has 1 N–H and O–H groups in total. The monoisotopic (exact) mass is 261 g/mol. The summed E-state index contributed by atoms with van der Waals surface area (Å²) < 4.78 is 9.96. The average Bonchev–Trinajstić information content (AvgIpc) is 2.46. The van der Waals surface area contributed by atoms with Crippen molar-refractivity contribution in [2.45, 2.75) is 13.5 Å². The predicted octanol–water partition coefficient (Wildman–Crippen LogP) is 1.20. The first-order valence-corrected chi connectivity index (χ1v) is 5.70. The van der Waals surface area contributed by atoms with Crippen LogP contribution in [0, 0.1) is 6.92 Å². The summed E-state index contributed by atoms with van der Waals surface area (Å²) in [4.78, 5) is 16.2. The summed E-state index contributed by atoms with van der Waals surface area (Å²) in [6.45, 7) is 2.59. The zero-order valence-electron chi connectivity index (χ0n) is 11.0. The van der Waals surface area contributed by atoms with Gasteiger partial charge in [0.25, 0.3) is 0 Å². The minimum Gasteiger partial charge on any atom is -0.467 e. The Morgan fingerprint density at radius 3 is 2.37 bits per heavy atom. The Morgan fingerprint density at radius 1 is 1.11 bits per heavy atom. The van der Waals surface area contributed by atoms with Gasteiger partial charge >= 0.3 is 12.0 Å². The van der Waals surface area contributed by atoms with Crippen molar-refractivity contribution in [2.75, 3.05) is 19.5 Å². The number of hydrogen-bond donors (Lipinski definition) is 1. The lowest BCUT2D eigenvalue weighted by atomic mass is 10.1. The Hall–Kier alpha value is -2.44. The van der Waals surface area contributed by atoms with Gasteiger partial charge in [-0.3, -0.25) is 4.98 Å². The van der Waals surface area contributed by atoms with Crippen molar-refractivity contribution >= 4 is 5.95 Å². The van der Waals surface area contributed by atoms with E-state index in [4.69, 9.17) is 9.47 Å². The number of nitrogens with one attached hydrogen (secondary N) is 1. The van der Waals surface area contributed by atoms with Crippen molar-refractivity contribution < 1.29 is 9.47 Å². The normalized spacial score (nSPS) is 10.1. The SMILES string of the molecule is COc1nc(NCc2ccncc2C)nc(OC)n1. The molecular weight excluding hydrogens is 246 g/mol. The van der Waals surface area contributed by atoms with Crippen LogP contribution in [0.4, 0.5) is 5.95 Å². The molecular formula is C12H15N5O2. The van der Waals surface area contributed by atoms with E-state index in [2.05, 4.69) is 25.3 Å². The fourth-order valence-corrected chi connectivity index (χ4v) is 1.47. The van der Waals surface area contributed by atoms with Gasteiger partial charge in [-0.15, -0.1) is 4.98 Å². The first-order valence-electron chi connectivity index (χ1n) is 5.70. The van der Waals surface area contributed by atoms with E-state index in [0.29, 0.717) is 12.5 Å². The van der Waals surface area contributed by atoms with E-state index >= 15 is 0 Å². The van der Waals surface area contributed by atoms with E-state index in [-0.39, 0.29) is 12.0 Å². The van der Waals surface area contributed by atoms with Crippen LogP contribution in [0.3, 0.4) is 0 Å². The Kier molecular flexibility index (Phi) is 4.07. The molecule has 2 rings (SSSR count). The molecule has 0 aliphatic rings. The van der Waals surface area contributed by atoms with Gasteiger partial charge in [-0.05, 0) is 24.1 Å². The third kappa shape index (κ3) is 3.27. The van der Waals surface area contributed by atoms with E-state index < -0.39 is 0 Å². The smallest absolute Gasteiger partial charge is 0.324 e. The van der Waals surface area contributed by atoms with Gasteiger partial charge in [0.15, 0.2) is 0 Å². The first-order chi connectivity index (χ1) is 9.22. The number of anilines is 1. The van der Waals surface area contributed by atoms with Gasteiger partial charge in [-0.25, -0.2) is 0 Å². The second-order valence-electron chi connectivity index (χ2n) is 3.79. The van der Waals surface area contributed by atoms with Gasteiger partial charge in [-0.1, -0.05) is 0 Å². The zero-order chi connectivity index (χ0) is 13.7. The molecule has 0 aliphatic carbocycles. The van der Waals surface area contributed by atoms with E-state index in [1.54, 1.807) is 6.20 Å². The summed E-state index contributed by atoms with van der Waals surface area (Å²) >= 11 is 0. The third-order valence-electron chi connectivity index (χ3n) is 2.53. The molecule has 0 saturated heterocycles. The fourth-order valence-electron chi connectivity index (χ4n) is 1.47. The minimum atomic E-state index is 0.209. The molecule has 2 aromatic rings. The Bertz CT molecular complexity index is 539. The van der Waals surface area contributed by atoms with Gasteiger partial charge < -0.3 is 14.8 Å². The number of ether oxygens (including phenoxy) is 2. The molecule has 0 fully saturated rings. The van der Waals surface area contributed by atoms with E-state index in [1.807, 2.05) is 19.2 Å². The molecule has 0 aliphatic heterocycles. The first kappa shape index (κ1) is 13.0. The summed E-state index contributed by atoms with van der Waals surface area (Å²) in [5, 5.41) is 3.10. The Morgan fingerprint density at radius 2 is 1.79 bits per heavy atom. The number of aryl methyl sites for hydroxylation is 1. The Balaban J connectivity index is 2.13. The standard InChI is InChI=1S/C12H15N5O2/c1-8-6-13-5-4-9(8)7-14-10-15-11(18-2)17-12(16-10)19-3/h4-6H,7H2,1-3H3,(H,14,15,16,17). The van der Waals surface area contributed by atoms with Crippen molar-refractivity contribution in [1.82, 2.24) is 19.9 Å². The second-order valence-corrected chi connectivity index (χ2v) is 3.79. The number of pyridine rings is 1. The molecule has 100 valence electrons. The highest BCUT2D eigenvalue weighted by atomic mass is 16.5. The largest absolute Gasteiger partial charge is 0.467 e. The lowest BCUT2D eigenvalue weighted by molar-refractivity contribution is 0.341. The van der Waals surface area contributed by atoms with Gasteiger partial charge in [-0.2, -0.15) is 9.97 Å². The summed E-state index contributed by atoms with van der Waals surface area (Å²) in [6, 6.07) is 2.36. The molecule has 0 amide bonds. The highest BCUT2D eigenvalue weighted by molar-refractivity contribution is 5.31. The fraction of sp³-hybridized carbons (Fsp3) is 0.333. The van der Waals surface area contributed by atoms with Crippen LogP contribution in [0.15, 0.2) is 18.5 Å². The molecule has 2 heterocycles. The van der Waals surface area contributed by atoms with Crippen LogP contribution in [0.5, 0.6) is 12.0 Å². The number of rotatable bonds is 5. The minimum absolute atomic E-state index is 0.209. The molecule has 0 bridgehead atoms. The Labute approximate surface area is 111 Å². The summed E-state index contributed by atoms with van der Waals surface area (Å²) in [6.07, 6.45) is 3.56. The van der Waals surface area contributed by atoms with Crippen LogP contribution in [0.2, 0.25) is 0 Å². The highest BCUT2D eigenvalue weighted by Crippen LogP contribution is 2.13. The molecule has 0 atom stereocenters. The van der Waals surface area contributed by atoms with E-state index in [1.165, 1.54) is 14.2 Å². The van der Waals surface area contributed by atoms with Crippen LogP contribution >= 0.6 is 0 Å². The van der Waals surface area contributed by atoms with Crippen molar-refractivity contribution in [2.24, 2.45) is 0 Å². The topological polar surface area (TPSA) is 82.0 Å². The summed E-state index contributed by atoms with van der Waals surface area (Å²) in [7, 11) is 2.98. The number of methoxy groups -OCH3 is 2. The third-order valence-corrected chi connectivity index (χ3v) is 2.53. The molecule has 7 heteroatoms. The van der Waals surface area contributed by atoms with Crippen LogP contribution in [0.25, 0.3) is 0 Å². The second kappa shape index (κ2) is 5.94. The molecule has 2 aromatic heterocycles. The molecule has 0 saturated carbocycles. The van der Waals surface area contributed by atoms with Crippen LogP contribution in [-0.2, 0) is 6.54 Å². The predicted molar refractivity (Wildman–Crippen MR) is 69.2 cm³/mol. The maximum atomic E-state index is 4.98. The maximum Gasteiger partial charge on any atom is 0.324 e. The molecule has 19 heavy (non-hydrogen) atoms. The van der Waals surface area contributed by atoms with Gasteiger partial charge in [0.2, 0.25) is 5.95 Å². The van der Waals surface area contributed by atoms with Crippen LogP contribution < -0.4 is 14.8 Å². The molecule has 7 nitrogen and oxygen atoms in total. The van der Waals surface area contributed by atoms with Crippen LogP contribution in [-0.4, -0.2) is 34.2 Å². The van der Waals surface area contributed by atoms with Crippen molar-refractivity contribution in [3.05, 3.63) is 29.6 Å². The molecule has 0 aromatic carbocycles. The number of nitrogens with zero attached hydrogens (tertiary/aromatic N) is 4. The average molecular weight is 261 g/mol. The van der Waals surface area contributed by atoms with Gasteiger partial charge in [0.05, 0.1) is 14.2 Å². The maximum absolute atomic E-state index is 4.98. The van der Waals surface area contributed by atoms with Crippen molar-refractivity contribution in [3.8, 4) is 12.0 Å². The summed E-state index contributed by atoms with van der Waals surface area (Å²) in [5.74, 6) is 0.403. The zero-order valence-corrected chi connectivity index (χ0v) is 11.0. The quantitative estimate of drug-likeness (QED) is 0.866. The van der Waals surface area contributed by atoms with Gasteiger partial charge in [0.1, 0.15) is 0 Å². The molecule has 0 unspecified atom stereocenters. The highest BCUT2D eigenvalue weighted by Gasteiger charge is 2.07. The molecule has 0 spiro atoms. The number of aromatic nitrogens is 4. The van der Waals surface area contributed by atoms with Crippen LogP contribution in [0.1, 0.15) is 11.1 Å². The molecule has 0 radical (unpaired) electrons. The van der Waals surface area contributed by atoms with Crippen molar-refractivity contribution in [1.29, 1.82) is 0 Å². The van der Waals surface area contributed by atoms with Gasteiger partial charge in [0, 0.05) is 18.9 Å². The van der Waals surface area contributed by atoms with Crippen molar-refractivity contribution in [3.63, 3.8) is 0 Å². The number of hydrogen-bond acceptors (Lipinski definition) is 7. The van der Waals surface area contributed by atoms with E-state index in [9.17, 15) is 0 Å². The lowest BCUT2D eigenvalue weighted by Crippen LogP contribution is -2.08. The van der Waals surface area contributed by atoms with E-state index in [0.717, 1.165) is 11.1 Å². The summed E-state index contributed by atoms with van der Waals surface area (Å²) in [5.41, 5.74) is 2.22.